The first-order chi connectivity index (χ1) is 10.1. The van der Waals surface area contributed by atoms with Crippen molar-refractivity contribution in [1.82, 2.24) is 0 Å². The lowest BCUT2D eigenvalue weighted by Gasteiger charge is -2.08. The number of nitrogens with one attached hydrogen (secondary N) is 2. The third-order valence-electron chi connectivity index (χ3n) is 2.67. The van der Waals surface area contributed by atoms with Gasteiger partial charge < -0.3 is 10.6 Å². The topological polar surface area (TPSA) is 64.9 Å². The Morgan fingerprint density at radius 3 is 2.48 bits per heavy atom. The second-order valence-electron chi connectivity index (χ2n) is 4.22. The SMILES string of the molecule is N#Cc1ccc(NCC(=O)Nc2ccc(F)cc2)cc1Cl. The molecular weight excluding hydrogens is 293 g/mol. The van der Waals surface area contributed by atoms with Gasteiger partial charge in [-0.05, 0) is 42.5 Å². The lowest BCUT2D eigenvalue weighted by Crippen LogP contribution is -2.21. The molecule has 0 bridgehead atoms. The fraction of sp³-hybridized carbons (Fsp3) is 0.0667. The fourth-order valence-corrected chi connectivity index (χ4v) is 1.86. The van der Waals surface area contributed by atoms with Crippen molar-refractivity contribution in [2.45, 2.75) is 0 Å². The Hall–Kier alpha value is -2.58. The first-order valence-corrected chi connectivity index (χ1v) is 6.45. The smallest absolute Gasteiger partial charge is 0.243 e. The summed E-state index contributed by atoms with van der Waals surface area (Å²) in [5.41, 5.74) is 1.52. The molecule has 106 valence electrons. The second-order valence-corrected chi connectivity index (χ2v) is 4.62. The molecule has 0 spiro atoms. The van der Waals surface area contributed by atoms with Gasteiger partial charge >= 0.3 is 0 Å². The van der Waals surface area contributed by atoms with Crippen LogP contribution in [0.15, 0.2) is 42.5 Å². The molecule has 0 fully saturated rings. The molecule has 6 heteroatoms. The van der Waals surface area contributed by atoms with Gasteiger partial charge in [0.05, 0.1) is 17.1 Å². The van der Waals surface area contributed by atoms with Gasteiger partial charge in [0.1, 0.15) is 11.9 Å². The zero-order valence-electron chi connectivity index (χ0n) is 10.9. The van der Waals surface area contributed by atoms with Crippen molar-refractivity contribution >= 4 is 28.9 Å². The predicted octanol–water partition coefficient (Wildman–Crippen LogP) is 3.40. The van der Waals surface area contributed by atoms with Gasteiger partial charge in [-0.3, -0.25) is 4.79 Å². The van der Waals surface area contributed by atoms with Gasteiger partial charge in [0.2, 0.25) is 5.91 Å². The molecule has 1 amide bonds. The maximum absolute atomic E-state index is 12.7. The molecule has 0 aromatic heterocycles. The average molecular weight is 304 g/mol. The van der Waals surface area contributed by atoms with E-state index in [4.69, 9.17) is 16.9 Å². The highest BCUT2D eigenvalue weighted by Gasteiger charge is 2.04. The van der Waals surface area contributed by atoms with Gasteiger partial charge in [-0.2, -0.15) is 5.26 Å². The minimum absolute atomic E-state index is 0.0274. The number of benzene rings is 2. The number of anilines is 2. The van der Waals surface area contributed by atoms with E-state index in [2.05, 4.69) is 10.6 Å². The third kappa shape index (κ3) is 4.20. The van der Waals surface area contributed by atoms with Crippen LogP contribution in [-0.2, 0) is 4.79 Å². The summed E-state index contributed by atoms with van der Waals surface area (Å²) in [5.74, 6) is -0.638. The van der Waals surface area contributed by atoms with Gasteiger partial charge in [0.25, 0.3) is 0 Å². The fourth-order valence-electron chi connectivity index (χ4n) is 1.64. The van der Waals surface area contributed by atoms with Crippen molar-refractivity contribution in [2.24, 2.45) is 0 Å². The van der Waals surface area contributed by atoms with Crippen LogP contribution >= 0.6 is 11.6 Å². The highest BCUT2D eigenvalue weighted by molar-refractivity contribution is 6.32. The largest absolute Gasteiger partial charge is 0.376 e. The molecule has 2 rings (SSSR count). The number of halogens is 2. The standard InChI is InChI=1S/C15H11ClFN3O/c16-14-7-13(4-1-10(14)8-18)19-9-15(21)20-12-5-2-11(17)3-6-12/h1-7,19H,9H2,(H,20,21). The van der Waals surface area contributed by atoms with E-state index < -0.39 is 0 Å². The van der Waals surface area contributed by atoms with Gasteiger partial charge in [0.15, 0.2) is 0 Å². The molecule has 21 heavy (non-hydrogen) atoms. The summed E-state index contributed by atoms with van der Waals surface area (Å²) in [6.07, 6.45) is 0. The van der Waals surface area contributed by atoms with E-state index >= 15 is 0 Å². The summed E-state index contributed by atoms with van der Waals surface area (Å²) in [6, 6.07) is 12.3. The number of carbonyl (C=O) groups excluding carboxylic acids is 1. The van der Waals surface area contributed by atoms with Crippen LogP contribution in [0.4, 0.5) is 15.8 Å². The molecule has 0 unspecified atom stereocenters. The number of nitrogens with zero attached hydrogens (tertiary/aromatic N) is 1. The van der Waals surface area contributed by atoms with Crippen LogP contribution in [0.5, 0.6) is 0 Å². The Morgan fingerprint density at radius 2 is 1.86 bits per heavy atom. The molecule has 0 heterocycles. The molecule has 0 saturated heterocycles. The van der Waals surface area contributed by atoms with Crippen LogP contribution < -0.4 is 10.6 Å². The summed E-state index contributed by atoms with van der Waals surface area (Å²) in [4.78, 5) is 11.7. The summed E-state index contributed by atoms with van der Waals surface area (Å²) in [5, 5.41) is 14.6. The van der Waals surface area contributed by atoms with Crippen LogP contribution in [0.2, 0.25) is 5.02 Å². The summed E-state index contributed by atoms with van der Waals surface area (Å²) >= 11 is 5.89. The first-order valence-electron chi connectivity index (χ1n) is 6.07. The molecule has 4 nitrogen and oxygen atoms in total. The number of rotatable bonds is 4. The van der Waals surface area contributed by atoms with E-state index in [1.54, 1.807) is 18.2 Å². The Balaban J connectivity index is 1.91. The highest BCUT2D eigenvalue weighted by Crippen LogP contribution is 2.20. The van der Waals surface area contributed by atoms with E-state index in [0.717, 1.165) is 0 Å². The summed E-state index contributed by atoms with van der Waals surface area (Å²) < 4.78 is 12.7. The number of hydrogen-bond acceptors (Lipinski definition) is 3. The van der Waals surface area contributed by atoms with Crippen LogP contribution in [0, 0.1) is 17.1 Å². The van der Waals surface area contributed by atoms with Gasteiger partial charge in [-0.1, -0.05) is 11.6 Å². The minimum atomic E-state index is -0.363. The lowest BCUT2D eigenvalue weighted by atomic mass is 10.2. The van der Waals surface area contributed by atoms with E-state index in [9.17, 15) is 9.18 Å². The average Bonchev–Trinajstić information content (AvgIpc) is 2.48. The Bertz CT molecular complexity index is 695. The maximum atomic E-state index is 12.7. The van der Waals surface area contributed by atoms with Crippen molar-refractivity contribution in [3.63, 3.8) is 0 Å². The normalized spacial score (nSPS) is 9.76. The van der Waals surface area contributed by atoms with Crippen molar-refractivity contribution in [2.75, 3.05) is 17.2 Å². The molecule has 0 aliphatic heterocycles. The quantitative estimate of drug-likeness (QED) is 0.910. The zero-order chi connectivity index (χ0) is 15.2. The molecule has 0 atom stereocenters. The van der Waals surface area contributed by atoms with Crippen molar-refractivity contribution in [1.29, 1.82) is 5.26 Å². The molecule has 0 aliphatic rings. The van der Waals surface area contributed by atoms with Crippen LogP contribution in [0.25, 0.3) is 0 Å². The Labute approximate surface area is 126 Å². The van der Waals surface area contributed by atoms with Crippen molar-refractivity contribution in [3.8, 4) is 6.07 Å². The van der Waals surface area contributed by atoms with Crippen LogP contribution in [0.3, 0.4) is 0 Å². The number of nitriles is 1. The van der Waals surface area contributed by atoms with E-state index in [-0.39, 0.29) is 18.3 Å². The summed E-state index contributed by atoms with van der Waals surface area (Å²) in [7, 11) is 0. The molecular formula is C15H11ClFN3O. The van der Waals surface area contributed by atoms with Crippen LogP contribution in [-0.4, -0.2) is 12.5 Å². The monoisotopic (exact) mass is 303 g/mol. The minimum Gasteiger partial charge on any atom is -0.376 e. The molecule has 2 aromatic carbocycles. The zero-order valence-corrected chi connectivity index (χ0v) is 11.6. The van der Waals surface area contributed by atoms with Crippen molar-refractivity contribution < 1.29 is 9.18 Å². The van der Waals surface area contributed by atoms with Crippen molar-refractivity contribution in [3.05, 3.63) is 58.9 Å². The molecule has 0 aliphatic carbocycles. The van der Waals surface area contributed by atoms with Gasteiger partial charge in [-0.25, -0.2) is 4.39 Å². The maximum Gasteiger partial charge on any atom is 0.243 e. The number of carbonyl (C=O) groups is 1. The summed E-state index contributed by atoms with van der Waals surface area (Å²) in [6.45, 7) is 0.0274. The second kappa shape index (κ2) is 6.73. The lowest BCUT2D eigenvalue weighted by molar-refractivity contribution is -0.114. The third-order valence-corrected chi connectivity index (χ3v) is 2.98. The Kier molecular flexibility index (Phi) is 4.75. The van der Waals surface area contributed by atoms with Crippen LogP contribution in [0.1, 0.15) is 5.56 Å². The number of amides is 1. The molecule has 2 aromatic rings. The Morgan fingerprint density at radius 1 is 1.19 bits per heavy atom. The first kappa shape index (κ1) is 14.8. The van der Waals surface area contributed by atoms with E-state index in [1.807, 2.05) is 6.07 Å². The predicted molar refractivity (Wildman–Crippen MR) is 79.7 cm³/mol. The van der Waals surface area contributed by atoms with E-state index in [0.29, 0.717) is 22.0 Å². The van der Waals surface area contributed by atoms with Gasteiger partial charge in [0, 0.05) is 11.4 Å². The molecule has 0 radical (unpaired) electrons. The highest BCUT2D eigenvalue weighted by atomic mass is 35.5. The van der Waals surface area contributed by atoms with Gasteiger partial charge in [-0.15, -0.1) is 0 Å². The number of hydrogen-bond donors (Lipinski definition) is 2. The van der Waals surface area contributed by atoms with E-state index in [1.165, 1.54) is 24.3 Å². The molecule has 2 N–H and O–H groups in total. The molecule has 0 saturated carbocycles.